The monoisotopic (exact) mass is 289 g/mol. The van der Waals surface area contributed by atoms with Crippen molar-refractivity contribution < 1.29 is 10.0 Å². The molecule has 0 spiro atoms. The number of oxime groups is 1. The number of rotatable bonds is 3. The van der Waals surface area contributed by atoms with E-state index < -0.39 is 5.41 Å². The molecule has 0 saturated heterocycles. The number of nitrogens with zero attached hydrogens (tertiary/aromatic N) is 2. The highest BCUT2D eigenvalue weighted by atomic mass is 16.4. The molecule has 3 N–H and O–H groups in total. The number of carbonyl (C=O) groups is 1. The first-order chi connectivity index (χ1) is 9.81. The molecule has 1 aliphatic rings. The van der Waals surface area contributed by atoms with Crippen LogP contribution in [0.2, 0.25) is 0 Å². The lowest BCUT2D eigenvalue weighted by Gasteiger charge is -2.45. The van der Waals surface area contributed by atoms with Gasteiger partial charge in [0.25, 0.3) is 0 Å². The lowest BCUT2D eigenvalue weighted by molar-refractivity contribution is -0.130. The molecule has 1 aliphatic carbocycles. The third kappa shape index (κ3) is 2.48. The number of nitrogens with two attached hydrogens (primary N) is 1. The summed E-state index contributed by atoms with van der Waals surface area (Å²) in [5.74, 6) is 0.312. The van der Waals surface area contributed by atoms with Crippen molar-refractivity contribution in [3.8, 4) is 0 Å². The molecule has 114 valence electrons. The zero-order valence-electron chi connectivity index (χ0n) is 13.1. The second-order valence-electron chi connectivity index (χ2n) is 6.23. The number of aryl methyl sites for hydroxylation is 2. The molecule has 1 saturated carbocycles. The third-order valence-electron chi connectivity index (χ3n) is 4.42. The minimum Gasteiger partial charge on any atom is -0.409 e. The first kappa shape index (κ1) is 15.4. The van der Waals surface area contributed by atoms with Crippen molar-refractivity contribution in [2.45, 2.75) is 33.6 Å². The molecule has 21 heavy (non-hydrogen) atoms. The molecule has 1 aromatic rings. The van der Waals surface area contributed by atoms with Crippen LogP contribution in [-0.4, -0.2) is 24.0 Å². The maximum absolute atomic E-state index is 12.9. The van der Waals surface area contributed by atoms with Gasteiger partial charge in [-0.05, 0) is 44.2 Å². The van der Waals surface area contributed by atoms with Crippen LogP contribution in [0, 0.1) is 25.2 Å². The lowest BCUT2D eigenvalue weighted by Crippen LogP contribution is -2.57. The first-order valence-corrected chi connectivity index (χ1v) is 7.15. The zero-order valence-corrected chi connectivity index (χ0v) is 13.1. The van der Waals surface area contributed by atoms with E-state index in [0.29, 0.717) is 18.8 Å². The number of anilines is 1. The normalized spacial score (nSPS) is 25.3. The molecular formula is C16H23N3O2. The van der Waals surface area contributed by atoms with Gasteiger partial charge in [-0.3, -0.25) is 4.79 Å². The molecule has 0 bridgehead atoms. The highest BCUT2D eigenvalue weighted by Crippen LogP contribution is 2.47. The van der Waals surface area contributed by atoms with E-state index in [0.717, 1.165) is 16.8 Å². The molecule has 5 nitrogen and oxygen atoms in total. The molecule has 2 rings (SSSR count). The summed E-state index contributed by atoms with van der Waals surface area (Å²) in [7, 11) is 1.75. The third-order valence-corrected chi connectivity index (χ3v) is 4.42. The average molecular weight is 289 g/mol. The Balaban J connectivity index is 2.33. The molecule has 1 fully saturated rings. The van der Waals surface area contributed by atoms with Crippen LogP contribution >= 0.6 is 0 Å². The zero-order chi connectivity index (χ0) is 15.8. The van der Waals surface area contributed by atoms with Crippen molar-refractivity contribution in [1.29, 1.82) is 0 Å². The number of amides is 1. The van der Waals surface area contributed by atoms with Gasteiger partial charge in [0.2, 0.25) is 5.91 Å². The Morgan fingerprint density at radius 2 is 2.05 bits per heavy atom. The summed E-state index contributed by atoms with van der Waals surface area (Å²) in [5.41, 5.74) is 7.99. The average Bonchev–Trinajstić information content (AvgIpc) is 2.41. The van der Waals surface area contributed by atoms with Crippen LogP contribution in [0.5, 0.6) is 0 Å². The van der Waals surface area contributed by atoms with Crippen LogP contribution in [0.3, 0.4) is 0 Å². The van der Waals surface area contributed by atoms with E-state index in [9.17, 15) is 4.79 Å². The van der Waals surface area contributed by atoms with Crippen molar-refractivity contribution in [1.82, 2.24) is 0 Å². The van der Waals surface area contributed by atoms with Crippen molar-refractivity contribution in [2.24, 2.45) is 22.2 Å². The molecule has 0 aliphatic heterocycles. The van der Waals surface area contributed by atoms with Gasteiger partial charge in [-0.15, -0.1) is 0 Å². The van der Waals surface area contributed by atoms with Crippen LogP contribution in [0.15, 0.2) is 23.4 Å². The Morgan fingerprint density at radius 3 is 2.52 bits per heavy atom. The van der Waals surface area contributed by atoms with Gasteiger partial charge >= 0.3 is 0 Å². The van der Waals surface area contributed by atoms with E-state index in [-0.39, 0.29) is 11.7 Å². The van der Waals surface area contributed by atoms with E-state index in [1.807, 2.05) is 32.0 Å². The maximum Gasteiger partial charge on any atom is 0.240 e. The minimum absolute atomic E-state index is 0.0159. The minimum atomic E-state index is -0.861. The Labute approximate surface area is 125 Å². The van der Waals surface area contributed by atoms with E-state index >= 15 is 0 Å². The summed E-state index contributed by atoms with van der Waals surface area (Å²) in [5, 5.41) is 12.1. The second-order valence-corrected chi connectivity index (χ2v) is 6.23. The first-order valence-electron chi connectivity index (χ1n) is 7.15. The quantitative estimate of drug-likeness (QED) is 0.388. The summed E-state index contributed by atoms with van der Waals surface area (Å²) in [6.07, 6.45) is 1.24. The van der Waals surface area contributed by atoms with E-state index in [1.165, 1.54) is 0 Å². The fourth-order valence-electron chi connectivity index (χ4n) is 3.33. The summed E-state index contributed by atoms with van der Waals surface area (Å²) in [6.45, 7) is 6.06. The van der Waals surface area contributed by atoms with Crippen LogP contribution in [0.4, 0.5) is 5.69 Å². The Hall–Kier alpha value is -2.04. The highest BCUT2D eigenvalue weighted by Gasteiger charge is 2.53. The van der Waals surface area contributed by atoms with Gasteiger partial charge in [0, 0.05) is 12.7 Å². The van der Waals surface area contributed by atoms with Crippen molar-refractivity contribution >= 4 is 17.4 Å². The van der Waals surface area contributed by atoms with Crippen molar-refractivity contribution in [3.63, 3.8) is 0 Å². The van der Waals surface area contributed by atoms with Gasteiger partial charge in [0.05, 0.1) is 0 Å². The van der Waals surface area contributed by atoms with Crippen LogP contribution in [-0.2, 0) is 4.79 Å². The van der Waals surface area contributed by atoms with Crippen LogP contribution in [0.25, 0.3) is 0 Å². The number of benzene rings is 1. The molecule has 5 heteroatoms. The summed E-state index contributed by atoms with van der Waals surface area (Å²) in [6, 6.07) is 5.95. The summed E-state index contributed by atoms with van der Waals surface area (Å²) in [4.78, 5) is 14.5. The van der Waals surface area contributed by atoms with Crippen LogP contribution < -0.4 is 10.6 Å². The second kappa shape index (κ2) is 5.39. The standard InChI is InChI=1S/C16H23N3O2/c1-10-5-6-13(12(3)7-10)19(4)15(20)16(14(17)18-21)8-11(2)9-16/h5-7,11,21H,8-9H2,1-4H3,(H2,17,18). The van der Waals surface area contributed by atoms with E-state index in [1.54, 1.807) is 11.9 Å². The molecule has 1 amide bonds. The highest BCUT2D eigenvalue weighted by molar-refractivity contribution is 6.13. The Morgan fingerprint density at radius 1 is 1.43 bits per heavy atom. The molecule has 1 aromatic carbocycles. The number of amidine groups is 1. The van der Waals surface area contributed by atoms with Gasteiger partial charge in [0.15, 0.2) is 5.84 Å². The molecule has 0 radical (unpaired) electrons. The lowest BCUT2D eigenvalue weighted by atomic mass is 9.61. The van der Waals surface area contributed by atoms with Crippen molar-refractivity contribution in [2.75, 3.05) is 11.9 Å². The predicted octanol–water partition coefficient (Wildman–Crippen LogP) is 2.43. The topological polar surface area (TPSA) is 78.9 Å². The fourth-order valence-corrected chi connectivity index (χ4v) is 3.33. The molecular weight excluding hydrogens is 266 g/mol. The summed E-state index contributed by atoms with van der Waals surface area (Å²) < 4.78 is 0. The molecule has 0 unspecified atom stereocenters. The Bertz CT molecular complexity index is 589. The molecule has 0 atom stereocenters. The number of hydrogen-bond acceptors (Lipinski definition) is 3. The van der Waals surface area contributed by atoms with Gasteiger partial charge in [-0.2, -0.15) is 0 Å². The van der Waals surface area contributed by atoms with Crippen LogP contribution in [0.1, 0.15) is 30.9 Å². The fraction of sp³-hybridized carbons (Fsp3) is 0.500. The summed E-state index contributed by atoms with van der Waals surface area (Å²) >= 11 is 0. The van der Waals surface area contributed by atoms with E-state index in [2.05, 4.69) is 12.1 Å². The Kier molecular flexibility index (Phi) is 3.94. The predicted molar refractivity (Wildman–Crippen MR) is 83.6 cm³/mol. The smallest absolute Gasteiger partial charge is 0.240 e. The van der Waals surface area contributed by atoms with Crippen molar-refractivity contribution in [3.05, 3.63) is 29.3 Å². The number of carbonyl (C=O) groups excluding carboxylic acids is 1. The largest absolute Gasteiger partial charge is 0.409 e. The van der Waals surface area contributed by atoms with Gasteiger partial charge in [-0.1, -0.05) is 29.8 Å². The van der Waals surface area contributed by atoms with Gasteiger partial charge in [0.1, 0.15) is 5.41 Å². The van der Waals surface area contributed by atoms with Gasteiger partial charge in [-0.25, -0.2) is 0 Å². The molecule has 0 aromatic heterocycles. The maximum atomic E-state index is 12.9. The molecule has 0 heterocycles. The van der Waals surface area contributed by atoms with Gasteiger partial charge < -0.3 is 15.8 Å². The number of hydrogen-bond donors (Lipinski definition) is 2. The van der Waals surface area contributed by atoms with E-state index in [4.69, 9.17) is 10.9 Å². The SMILES string of the molecule is Cc1ccc(N(C)C(=O)C2(/C(N)=N/O)CC(C)C2)c(C)c1.